The SMILES string of the molecule is CC(CC(=O)N(C)C1CCCCC1CN)C(C)(C)C. The highest BCUT2D eigenvalue weighted by molar-refractivity contribution is 5.76. The number of nitrogens with two attached hydrogens (primary N) is 1. The Balaban J connectivity index is 2.60. The number of hydrogen-bond acceptors (Lipinski definition) is 2. The van der Waals surface area contributed by atoms with E-state index in [1.807, 2.05) is 11.9 Å². The molecule has 0 aromatic heterocycles. The molecule has 0 aromatic carbocycles. The fraction of sp³-hybridized carbons (Fsp3) is 0.938. The van der Waals surface area contributed by atoms with Gasteiger partial charge in [-0.2, -0.15) is 0 Å². The maximum absolute atomic E-state index is 12.4. The molecule has 1 rings (SSSR count). The molecule has 0 bridgehead atoms. The molecule has 0 radical (unpaired) electrons. The van der Waals surface area contributed by atoms with Crippen molar-refractivity contribution in [1.29, 1.82) is 0 Å². The lowest BCUT2D eigenvalue weighted by Crippen LogP contribution is -2.46. The van der Waals surface area contributed by atoms with E-state index < -0.39 is 0 Å². The number of nitrogens with zero attached hydrogens (tertiary/aromatic N) is 1. The van der Waals surface area contributed by atoms with Crippen molar-refractivity contribution in [1.82, 2.24) is 4.90 Å². The van der Waals surface area contributed by atoms with Crippen molar-refractivity contribution in [3.8, 4) is 0 Å². The van der Waals surface area contributed by atoms with Crippen LogP contribution in [0.2, 0.25) is 0 Å². The summed E-state index contributed by atoms with van der Waals surface area (Å²) in [5.74, 6) is 1.18. The zero-order chi connectivity index (χ0) is 14.6. The maximum atomic E-state index is 12.4. The third-order valence-corrected chi connectivity index (χ3v) is 5.02. The first-order valence-electron chi connectivity index (χ1n) is 7.73. The number of carbonyl (C=O) groups is 1. The van der Waals surface area contributed by atoms with Gasteiger partial charge in [0.2, 0.25) is 5.91 Å². The van der Waals surface area contributed by atoms with Gasteiger partial charge in [0.1, 0.15) is 0 Å². The molecule has 1 saturated carbocycles. The first-order chi connectivity index (χ1) is 8.77. The first-order valence-corrected chi connectivity index (χ1v) is 7.73. The van der Waals surface area contributed by atoms with E-state index in [0.717, 1.165) is 6.42 Å². The molecule has 0 aliphatic heterocycles. The highest BCUT2D eigenvalue weighted by Crippen LogP contribution is 2.31. The normalized spacial score (nSPS) is 26.0. The van der Waals surface area contributed by atoms with Crippen molar-refractivity contribution < 1.29 is 4.79 Å². The Morgan fingerprint density at radius 3 is 2.42 bits per heavy atom. The van der Waals surface area contributed by atoms with Gasteiger partial charge in [0.25, 0.3) is 0 Å². The summed E-state index contributed by atoms with van der Waals surface area (Å²) in [6.45, 7) is 9.49. The molecule has 112 valence electrons. The Morgan fingerprint density at radius 2 is 1.89 bits per heavy atom. The molecule has 3 atom stereocenters. The van der Waals surface area contributed by atoms with Gasteiger partial charge in [0.15, 0.2) is 0 Å². The van der Waals surface area contributed by atoms with E-state index in [4.69, 9.17) is 5.73 Å². The average molecular weight is 268 g/mol. The first kappa shape index (κ1) is 16.5. The number of hydrogen-bond donors (Lipinski definition) is 1. The van der Waals surface area contributed by atoms with E-state index in [1.54, 1.807) is 0 Å². The van der Waals surface area contributed by atoms with Crippen molar-refractivity contribution >= 4 is 5.91 Å². The molecule has 0 aromatic rings. The molecule has 0 heterocycles. The van der Waals surface area contributed by atoms with E-state index in [0.29, 0.717) is 30.8 Å². The minimum atomic E-state index is 0.191. The van der Waals surface area contributed by atoms with E-state index >= 15 is 0 Å². The molecular formula is C16H32N2O. The van der Waals surface area contributed by atoms with Gasteiger partial charge >= 0.3 is 0 Å². The van der Waals surface area contributed by atoms with Gasteiger partial charge in [-0.1, -0.05) is 40.5 Å². The summed E-state index contributed by atoms with van der Waals surface area (Å²) >= 11 is 0. The monoisotopic (exact) mass is 268 g/mol. The molecule has 3 heteroatoms. The minimum absolute atomic E-state index is 0.191. The predicted octanol–water partition coefficient (Wildman–Crippen LogP) is 3.03. The lowest BCUT2D eigenvalue weighted by Gasteiger charge is -2.38. The summed E-state index contributed by atoms with van der Waals surface area (Å²) in [5, 5.41) is 0. The molecule has 3 nitrogen and oxygen atoms in total. The second kappa shape index (κ2) is 6.74. The van der Waals surface area contributed by atoms with E-state index in [2.05, 4.69) is 27.7 Å². The quantitative estimate of drug-likeness (QED) is 0.852. The van der Waals surface area contributed by atoms with Crippen LogP contribution in [0.4, 0.5) is 0 Å². The van der Waals surface area contributed by atoms with Gasteiger partial charge < -0.3 is 10.6 Å². The maximum Gasteiger partial charge on any atom is 0.222 e. The van der Waals surface area contributed by atoms with Crippen LogP contribution >= 0.6 is 0 Å². The fourth-order valence-corrected chi connectivity index (χ4v) is 2.87. The van der Waals surface area contributed by atoms with Crippen molar-refractivity contribution in [2.24, 2.45) is 23.0 Å². The summed E-state index contributed by atoms with van der Waals surface area (Å²) in [5.41, 5.74) is 6.05. The molecule has 19 heavy (non-hydrogen) atoms. The Hall–Kier alpha value is -0.570. The summed E-state index contributed by atoms with van der Waals surface area (Å²) in [6, 6.07) is 0.360. The Kier molecular flexibility index (Phi) is 5.84. The number of carbonyl (C=O) groups excluding carboxylic acids is 1. The fourth-order valence-electron chi connectivity index (χ4n) is 2.87. The molecule has 1 fully saturated rings. The lowest BCUT2D eigenvalue weighted by molar-refractivity contribution is -0.135. The van der Waals surface area contributed by atoms with Crippen LogP contribution in [0.15, 0.2) is 0 Å². The van der Waals surface area contributed by atoms with Crippen LogP contribution in [0.25, 0.3) is 0 Å². The van der Waals surface area contributed by atoms with Crippen LogP contribution < -0.4 is 5.73 Å². The van der Waals surface area contributed by atoms with Crippen molar-refractivity contribution in [3.63, 3.8) is 0 Å². The number of rotatable bonds is 4. The topological polar surface area (TPSA) is 46.3 Å². The summed E-state index contributed by atoms with van der Waals surface area (Å²) in [7, 11) is 1.97. The highest BCUT2D eigenvalue weighted by atomic mass is 16.2. The van der Waals surface area contributed by atoms with Crippen LogP contribution in [-0.2, 0) is 4.79 Å². The minimum Gasteiger partial charge on any atom is -0.342 e. The van der Waals surface area contributed by atoms with Gasteiger partial charge in [0.05, 0.1) is 0 Å². The van der Waals surface area contributed by atoms with Gasteiger partial charge in [-0.15, -0.1) is 0 Å². The zero-order valence-electron chi connectivity index (χ0n) is 13.4. The van der Waals surface area contributed by atoms with Crippen molar-refractivity contribution in [2.45, 2.75) is 65.8 Å². The van der Waals surface area contributed by atoms with E-state index in [1.165, 1.54) is 19.3 Å². The zero-order valence-corrected chi connectivity index (χ0v) is 13.4. The standard InChI is InChI=1S/C16H32N2O/c1-12(16(2,3)4)10-15(19)18(5)14-9-7-6-8-13(14)11-17/h12-14H,6-11,17H2,1-5H3. The van der Waals surface area contributed by atoms with Crippen LogP contribution in [0.5, 0.6) is 0 Å². The van der Waals surface area contributed by atoms with Crippen LogP contribution in [-0.4, -0.2) is 30.4 Å². The third kappa shape index (κ3) is 4.48. The largest absolute Gasteiger partial charge is 0.342 e. The summed E-state index contributed by atoms with van der Waals surface area (Å²) in [4.78, 5) is 14.4. The molecule has 0 spiro atoms. The van der Waals surface area contributed by atoms with Crippen molar-refractivity contribution in [2.75, 3.05) is 13.6 Å². The Bertz CT molecular complexity index is 296. The number of amides is 1. The summed E-state index contributed by atoms with van der Waals surface area (Å²) in [6.07, 6.45) is 5.43. The Labute approximate surface area is 118 Å². The third-order valence-electron chi connectivity index (χ3n) is 5.02. The molecule has 2 N–H and O–H groups in total. The van der Waals surface area contributed by atoms with Crippen LogP contribution in [0, 0.1) is 17.3 Å². The Morgan fingerprint density at radius 1 is 1.32 bits per heavy atom. The van der Waals surface area contributed by atoms with Crippen molar-refractivity contribution in [3.05, 3.63) is 0 Å². The molecule has 1 aliphatic rings. The lowest BCUT2D eigenvalue weighted by atomic mass is 9.79. The average Bonchev–Trinajstić information content (AvgIpc) is 2.36. The molecule has 3 unspecified atom stereocenters. The van der Waals surface area contributed by atoms with E-state index in [-0.39, 0.29) is 11.3 Å². The van der Waals surface area contributed by atoms with Gasteiger partial charge in [0, 0.05) is 19.5 Å². The molecule has 1 amide bonds. The second-order valence-corrected chi connectivity index (χ2v) is 7.32. The molecule has 1 aliphatic carbocycles. The van der Waals surface area contributed by atoms with Gasteiger partial charge in [-0.05, 0) is 36.6 Å². The second-order valence-electron chi connectivity index (χ2n) is 7.32. The van der Waals surface area contributed by atoms with Gasteiger partial charge in [-0.25, -0.2) is 0 Å². The van der Waals surface area contributed by atoms with Gasteiger partial charge in [-0.3, -0.25) is 4.79 Å². The smallest absolute Gasteiger partial charge is 0.222 e. The molecule has 0 saturated heterocycles. The van der Waals surface area contributed by atoms with Crippen LogP contribution in [0.3, 0.4) is 0 Å². The predicted molar refractivity (Wildman–Crippen MR) is 80.8 cm³/mol. The summed E-state index contributed by atoms with van der Waals surface area (Å²) < 4.78 is 0. The highest BCUT2D eigenvalue weighted by Gasteiger charge is 2.31. The van der Waals surface area contributed by atoms with Crippen LogP contribution in [0.1, 0.15) is 59.8 Å². The molecular weight excluding hydrogens is 236 g/mol. The van der Waals surface area contributed by atoms with E-state index in [9.17, 15) is 4.79 Å².